The Morgan fingerprint density at radius 2 is 1.57 bits per heavy atom. The van der Waals surface area contributed by atoms with E-state index in [4.69, 9.17) is 0 Å². The summed E-state index contributed by atoms with van der Waals surface area (Å²) in [7, 11) is 0. The first-order valence-electron chi connectivity index (χ1n) is 10.0. The van der Waals surface area contributed by atoms with Crippen LogP contribution in [0.3, 0.4) is 0 Å². The summed E-state index contributed by atoms with van der Waals surface area (Å²) in [6, 6.07) is 18.4. The van der Waals surface area contributed by atoms with E-state index in [1.165, 1.54) is 11.3 Å². The minimum atomic E-state index is -0.834. The van der Waals surface area contributed by atoms with E-state index < -0.39 is 5.41 Å². The molecule has 2 fully saturated rings. The Morgan fingerprint density at radius 3 is 2.18 bits per heavy atom. The smallest absolute Gasteiger partial charge is 0.238 e. The standard InChI is InChI=1S/C23H27N3O2/c1-18-7-9-19(10-8-18)17-24-21(27)23(11-12-23)22(28)26-15-13-25(14-16-26)20-5-3-2-4-6-20/h2-10H,11-17H2,1H3,(H,24,27). The van der Waals surface area contributed by atoms with Gasteiger partial charge in [-0.3, -0.25) is 9.59 Å². The van der Waals surface area contributed by atoms with E-state index in [0.29, 0.717) is 32.5 Å². The number of rotatable bonds is 5. The van der Waals surface area contributed by atoms with E-state index >= 15 is 0 Å². The summed E-state index contributed by atoms with van der Waals surface area (Å²) < 4.78 is 0. The lowest BCUT2D eigenvalue weighted by atomic mass is 10.0. The first-order valence-corrected chi connectivity index (χ1v) is 10.0. The van der Waals surface area contributed by atoms with Crippen molar-refractivity contribution in [1.29, 1.82) is 0 Å². The summed E-state index contributed by atoms with van der Waals surface area (Å²) in [6.45, 7) is 5.45. The van der Waals surface area contributed by atoms with E-state index in [9.17, 15) is 9.59 Å². The number of anilines is 1. The van der Waals surface area contributed by atoms with Crippen LogP contribution in [0, 0.1) is 12.3 Å². The van der Waals surface area contributed by atoms with Crippen LogP contribution >= 0.6 is 0 Å². The zero-order valence-electron chi connectivity index (χ0n) is 16.4. The first kappa shape index (κ1) is 18.5. The fourth-order valence-electron chi connectivity index (χ4n) is 3.83. The second kappa shape index (κ2) is 7.66. The molecule has 28 heavy (non-hydrogen) atoms. The second-order valence-electron chi connectivity index (χ2n) is 7.87. The van der Waals surface area contributed by atoms with Crippen LogP contribution in [0.2, 0.25) is 0 Å². The van der Waals surface area contributed by atoms with Gasteiger partial charge in [-0.25, -0.2) is 0 Å². The average Bonchev–Trinajstić information content (AvgIpc) is 3.55. The molecule has 1 saturated carbocycles. The number of nitrogens with zero attached hydrogens (tertiary/aromatic N) is 2. The van der Waals surface area contributed by atoms with Gasteiger partial charge in [-0.05, 0) is 37.5 Å². The normalized spacial score (nSPS) is 17.9. The number of hydrogen-bond acceptors (Lipinski definition) is 3. The molecule has 2 aromatic carbocycles. The van der Waals surface area contributed by atoms with Crippen molar-refractivity contribution in [3.8, 4) is 0 Å². The fourth-order valence-corrected chi connectivity index (χ4v) is 3.83. The Hall–Kier alpha value is -2.82. The van der Waals surface area contributed by atoms with Crippen LogP contribution in [0.15, 0.2) is 54.6 Å². The molecule has 2 aliphatic rings. The summed E-state index contributed by atoms with van der Waals surface area (Å²) in [6.07, 6.45) is 1.31. The SMILES string of the molecule is Cc1ccc(CNC(=O)C2(C(=O)N3CCN(c4ccccc4)CC3)CC2)cc1. The van der Waals surface area contributed by atoms with E-state index in [2.05, 4.69) is 22.3 Å². The van der Waals surface area contributed by atoms with Crippen LogP contribution in [-0.2, 0) is 16.1 Å². The maximum absolute atomic E-state index is 13.1. The molecule has 146 valence electrons. The van der Waals surface area contributed by atoms with E-state index in [1.807, 2.05) is 54.3 Å². The number of nitrogens with one attached hydrogen (secondary N) is 1. The van der Waals surface area contributed by atoms with Gasteiger partial charge in [0.1, 0.15) is 5.41 Å². The summed E-state index contributed by atoms with van der Waals surface area (Å²) in [4.78, 5) is 30.0. The molecule has 1 heterocycles. The third kappa shape index (κ3) is 3.75. The molecule has 0 spiro atoms. The van der Waals surface area contributed by atoms with E-state index in [-0.39, 0.29) is 11.8 Å². The lowest BCUT2D eigenvalue weighted by molar-refractivity contribution is -0.144. The Labute approximate surface area is 166 Å². The molecule has 5 nitrogen and oxygen atoms in total. The lowest BCUT2D eigenvalue weighted by Gasteiger charge is -2.37. The number of carbonyl (C=O) groups excluding carboxylic acids is 2. The van der Waals surface area contributed by atoms with E-state index in [0.717, 1.165) is 18.7 Å². The largest absolute Gasteiger partial charge is 0.368 e. The van der Waals surface area contributed by atoms with Crippen molar-refractivity contribution in [2.45, 2.75) is 26.3 Å². The highest BCUT2D eigenvalue weighted by Crippen LogP contribution is 2.47. The number of hydrogen-bond donors (Lipinski definition) is 1. The van der Waals surface area contributed by atoms with Gasteiger partial charge in [0.25, 0.3) is 0 Å². The van der Waals surface area contributed by atoms with Crippen LogP contribution in [0.4, 0.5) is 5.69 Å². The Bertz CT molecular complexity index is 836. The van der Waals surface area contributed by atoms with Crippen molar-refractivity contribution in [1.82, 2.24) is 10.2 Å². The molecule has 1 aliphatic carbocycles. The van der Waals surface area contributed by atoms with Gasteiger partial charge in [-0.15, -0.1) is 0 Å². The van der Waals surface area contributed by atoms with Gasteiger partial charge >= 0.3 is 0 Å². The molecule has 0 atom stereocenters. The average molecular weight is 377 g/mol. The maximum atomic E-state index is 13.1. The minimum absolute atomic E-state index is 0.00150. The molecule has 2 aromatic rings. The van der Waals surface area contributed by atoms with Gasteiger partial charge in [0.15, 0.2) is 0 Å². The second-order valence-corrected chi connectivity index (χ2v) is 7.87. The summed E-state index contributed by atoms with van der Waals surface area (Å²) in [5.74, 6) is -0.120. The van der Waals surface area contributed by atoms with E-state index in [1.54, 1.807) is 0 Å². The highest BCUT2D eigenvalue weighted by Gasteiger charge is 2.58. The zero-order chi connectivity index (χ0) is 19.6. The number of piperazine rings is 1. The number of carbonyl (C=O) groups is 2. The lowest BCUT2D eigenvalue weighted by Crippen LogP contribution is -2.53. The van der Waals surface area contributed by atoms with Crippen LogP contribution in [0.5, 0.6) is 0 Å². The summed E-state index contributed by atoms with van der Waals surface area (Å²) in [5, 5.41) is 2.98. The molecule has 0 radical (unpaired) electrons. The molecular formula is C23H27N3O2. The molecule has 0 unspecified atom stereocenters. The van der Waals surface area contributed by atoms with Gasteiger partial charge in [0.05, 0.1) is 0 Å². The van der Waals surface area contributed by atoms with Crippen LogP contribution in [0.25, 0.3) is 0 Å². The maximum Gasteiger partial charge on any atom is 0.238 e. The van der Waals surface area contributed by atoms with Crippen molar-refractivity contribution in [2.24, 2.45) is 5.41 Å². The zero-order valence-corrected chi connectivity index (χ0v) is 16.4. The molecule has 2 amide bonds. The molecular weight excluding hydrogens is 350 g/mol. The highest BCUT2D eigenvalue weighted by atomic mass is 16.2. The molecule has 1 aliphatic heterocycles. The third-order valence-corrected chi connectivity index (χ3v) is 5.86. The molecule has 5 heteroatoms. The topological polar surface area (TPSA) is 52.7 Å². The van der Waals surface area contributed by atoms with Crippen molar-refractivity contribution in [3.63, 3.8) is 0 Å². The Balaban J connectivity index is 1.32. The predicted octanol–water partition coefficient (Wildman–Crippen LogP) is 2.74. The number of benzene rings is 2. The number of aryl methyl sites for hydroxylation is 1. The molecule has 1 N–H and O–H groups in total. The highest BCUT2D eigenvalue weighted by molar-refractivity contribution is 6.07. The molecule has 0 aromatic heterocycles. The van der Waals surface area contributed by atoms with Crippen LogP contribution < -0.4 is 10.2 Å². The summed E-state index contributed by atoms with van der Waals surface area (Å²) >= 11 is 0. The van der Waals surface area contributed by atoms with Gasteiger partial charge in [0, 0.05) is 38.4 Å². The van der Waals surface area contributed by atoms with Gasteiger partial charge < -0.3 is 15.1 Å². The Morgan fingerprint density at radius 1 is 0.929 bits per heavy atom. The summed E-state index contributed by atoms with van der Waals surface area (Å²) in [5.41, 5.74) is 2.60. The van der Waals surface area contributed by atoms with Gasteiger partial charge in [-0.2, -0.15) is 0 Å². The van der Waals surface area contributed by atoms with Crippen molar-refractivity contribution < 1.29 is 9.59 Å². The Kier molecular flexibility index (Phi) is 5.07. The number of para-hydroxylation sites is 1. The molecule has 4 rings (SSSR count). The number of amides is 2. The molecule has 0 bridgehead atoms. The monoisotopic (exact) mass is 377 g/mol. The quantitative estimate of drug-likeness (QED) is 0.815. The van der Waals surface area contributed by atoms with Crippen LogP contribution in [0.1, 0.15) is 24.0 Å². The van der Waals surface area contributed by atoms with Crippen molar-refractivity contribution in [3.05, 3.63) is 65.7 Å². The first-order chi connectivity index (χ1) is 13.6. The van der Waals surface area contributed by atoms with Crippen molar-refractivity contribution >= 4 is 17.5 Å². The van der Waals surface area contributed by atoms with Gasteiger partial charge in [-0.1, -0.05) is 48.0 Å². The predicted molar refractivity (Wildman–Crippen MR) is 110 cm³/mol. The van der Waals surface area contributed by atoms with Crippen LogP contribution in [-0.4, -0.2) is 42.9 Å². The third-order valence-electron chi connectivity index (χ3n) is 5.86. The molecule has 1 saturated heterocycles. The van der Waals surface area contributed by atoms with Gasteiger partial charge in [0.2, 0.25) is 11.8 Å². The van der Waals surface area contributed by atoms with Crippen molar-refractivity contribution in [2.75, 3.05) is 31.1 Å². The fraction of sp³-hybridized carbons (Fsp3) is 0.391. The minimum Gasteiger partial charge on any atom is -0.368 e.